The molecule has 0 radical (unpaired) electrons. The van der Waals surface area contributed by atoms with E-state index in [0.29, 0.717) is 22.9 Å². The van der Waals surface area contributed by atoms with Crippen LogP contribution in [-0.2, 0) is 5.41 Å². The molecule has 0 atom stereocenters. The fraction of sp³-hybridized carbons (Fsp3) is 0.111. The molecule has 162 valence electrons. The molecule has 4 nitrogen and oxygen atoms in total. The summed E-state index contributed by atoms with van der Waals surface area (Å²) in [5, 5.41) is 0. The normalized spacial score (nSPS) is 11.2. The monoisotopic (exact) mass is 428 g/mol. The van der Waals surface area contributed by atoms with Gasteiger partial charge in [0.05, 0.1) is 5.69 Å². The standard InChI is InChI=1S/C27H25FN2O2/c1-27(2,21-7-3-5-9-25(21)31-19-13-11-18(29)12-14-19)22-8-4-6-10-26(22)32-20-15-16-24(30)23(28)17-20/h3-17H,29-30H2,1-2H3. The minimum absolute atomic E-state index is 0.0831. The Kier molecular flexibility index (Phi) is 5.73. The summed E-state index contributed by atoms with van der Waals surface area (Å²) >= 11 is 0. The van der Waals surface area contributed by atoms with Gasteiger partial charge in [0.2, 0.25) is 0 Å². The third-order valence-electron chi connectivity index (χ3n) is 5.43. The molecule has 0 unspecified atom stereocenters. The molecule has 0 fully saturated rings. The van der Waals surface area contributed by atoms with Gasteiger partial charge in [0, 0.05) is 28.3 Å². The van der Waals surface area contributed by atoms with Crippen LogP contribution < -0.4 is 20.9 Å². The molecule has 0 spiro atoms. The Morgan fingerprint density at radius 3 is 1.72 bits per heavy atom. The molecular formula is C27H25FN2O2. The highest BCUT2D eigenvalue weighted by molar-refractivity contribution is 5.53. The van der Waals surface area contributed by atoms with Crippen LogP contribution in [0.2, 0.25) is 0 Å². The van der Waals surface area contributed by atoms with Gasteiger partial charge in [-0.25, -0.2) is 4.39 Å². The van der Waals surface area contributed by atoms with Crippen molar-refractivity contribution in [3.63, 3.8) is 0 Å². The zero-order valence-electron chi connectivity index (χ0n) is 18.0. The zero-order valence-corrected chi connectivity index (χ0v) is 18.0. The summed E-state index contributed by atoms with van der Waals surface area (Å²) in [6.45, 7) is 4.20. The number of nitrogen functional groups attached to an aromatic ring is 2. The molecule has 0 amide bonds. The molecule has 4 aromatic rings. The molecule has 0 saturated carbocycles. The fourth-order valence-electron chi connectivity index (χ4n) is 3.65. The van der Waals surface area contributed by atoms with E-state index in [1.54, 1.807) is 18.2 Å². The van der Waals surface area contributed by atoms with Gasteiger partial charge in [-0.05, 0) is 48.5 Å². The first-order chi connectivity index (χ1) is 15.3. The third kappa shape index (κ3) is 4.37. The lowest BCUT2D eigenvalue weighted by atomic mass is 9.77. The molecule has 32 heavy (non-hydrogen) atoms. The number of para-hydroxylation sites is 2. The lowest BCUT2D eigenvalue weighted by Gasteiger charge is -2.30. The lowest BCUT2D eigenvalue weighted by Crippen LogP contribution is -2.20. The first-order valence-electron chi connectivity index (χ1n) is 10.3. The first-order valence-corrected chi connectivity index (χ1v) is 10.3. The molecule has 0 bridgehead atoms. The van der Waals surface area contributed by atoms with Crippen LogP contribution in [0.25, 0.3) is 0 Å². The van der Waals surface area contributed by atoms with E-state index in [1.165, 1.54) is 12.1 Å². The molecule has 4 N–H and O–H groups in total. The summed E-state index contributed by atoms with van der Waals surface area (Å²) in [7, 11) is 0. The average Bonchev–Trinajstić information content (AvgIpc) is 2.78. The van der Waals surface area contributed by atoms with Crippen molar-refractivity contribution in [1.82, 2.24) is 0 Å². The maximum atomic E-state index is 13.9. The summed E-state index contributed by atoms with van der Waals surface area (Å²) in [6.07, 6.45) is 0. The Hall–Kier alpha value is -3.99. The minimum atomic E-state index is -0.513. The van der Waals surface area contributed by atoms with Gasteiger partial charge in [0.15, 0.2) is 0 Å². The molecular weight excluding hydrogens is 403 g/mol. The molecule has 5 heteroatoms. The topological polar surface area (TPSA) is 70.5 Å². The van der Waals surface area contributed by atoms with Crippen LogP contribution >= 0.6 is 0 Å². The number of anilines is 2. The van der Waals surface area contributed by atoms with Crippen molar-refractivity contribution in [1.29, 1.82) is 0 Å². The van der Waals surface area contributed by atoms with Crippen molar-refractivity contribution in [2.75, 3.05) is 11.5 Å². The molecule has 0 aliphatic heterocycles. The number of nitrogens with two attached hydrogens (primary N) is 2. The minimum Gasteiger partial charge on any atom is -0.457 e. The number of ether oxygens (including phenoxy) is 2. The number of hydrogen-bond acceptors (Lipinski definition) is 4. The number of benzene rings is 4. The van der Waals surface area contributed by atoms with Crippen LogP contribution in [0.15, 0.2) is 91.0 Å². The molecule has 0 aliphatic rings. The van der Waals surface area contributed by atoms with Crippen LogP contribution in [0.4, 0.5) is 15.8 Å². The summed E-state index contributed by atoms with van der Waals surface area (Å²) in [5.74, 6) is 1.93. The second-order valence-electron chi connectivity index (χ2n) is 8.07. The van der Waals surface area contributed by atoms with Gasteiger partial charge in [0.25, 0.3) is 0 Å². The molecule has 4 rings (SSSR count). The van der Waals surface area contributed by atoms with Crippen molar-refractivity contribution in [2.45, 2.75) is 19.3 Å². The van der Waals surface area contributed by atoms with Crippen LogP contribution in [0, 0.1) is 5.82 Å². The largest absolute Gasteiger partial charge is 0.457 e. The predicted molar refractivity (Wildman–Crippen MR) is 127 cm³/mol. The quantitative estimate of drug-likeness (QED) is 0.328. The van der Waals surface area contributed by atoms with Gasteiger partial charge < -0.3 is 20.9 Å². The Morgan fingerprint density at radius 2 is 1.16 bits per heavy atom. The highest BCUT2D eigenvalue weighted by Gasteiger charge is 2.30. The Bertz CT molecular complexity index is 1240. The van der Waals surface area contributed by atoms with E-state index in [0.717, 1.165) is 16.9 Å². The molecule has 0 heterocycles. The first kappa shape index (κ1) is 21.2. The summed E-state index contributed by atoms with van der Waals surface area (Å²) in [4.78, 5) is 0. The van der Waals surface area contributed by atoms with E-state index >= 15 is 0 Å². The van der Waals surface area contributed by atoms with Gasteiger partial charge in [-0.3, -0.25) is 0 Å². The van der Waals surface area contributed by atoms with Gasteiger partial charge in [0.1, 0.15) is 28.8 Å². The maximum absolute atomic E-state index is 13.9. The van der Waals surface area contributed by atoms with E-state index in [-0.39, 0.29) is 5.69 Å². The van der Waals surface area contributed by atoms with Gasteiger partial charge in [-0.2, -0.15) is 0 Å². The lowest BCUT2D eigenvalue weighted by molar-refractivity contribution is 0.443. The van der Waals surface area contributed by atoms with E-state index in [1.807, 2.05) is 60.7 Å². The second kappa shape index (κ2) is 8.63. The van der Waals surface area contributed by atoms with E-state index in [9.17, 15) is 4.39 Å². The Balaban J connectivity index is 1.71. The number of rotatable bonds is 6. The van der Waals surface area contributed by atoms with E-state index in [2.05, 4.69) is 13.8 Å². The number of hydrogen-bond donors (Lipinski definition) is 2. The van der Waals surface area contributed by atoms with Crippen LogP contribution in [0.1, 0.15) is 25.0 Å². The summed E-state index contributed by atoms with van der Waals surface area (Å²) in [6, 6.07) is 27.3. The smallest absolute Gasteiger partial charge is 0.149 e. The zero-order chi connectivity index (χ0) is 22.7. The summed E-state index contributed by atoms with van der Waals surface area (Å²) < 4.78 is 26.2. The van der Waals surface area contributed by atoms with E-state index < -0.39 is 11.2 Å². The van der Waals surface area contributed by atoms with Crippen molar-refractivity contribution in [3.05, 3.63) is 108 Å². The SMILES string of the molecule is CC(C)(c1ccccc1Oc1ccc(N)cc1)c1ccccc1Oc1ccc(N)c(F)c1. The van der Waals surface area contributed by atoms with Gasteiger partial charge in [-0.15, -0.1) is 0 Å². The van der Waals surface area contributed by atoms with Crippen LogP contribution in [-0.4, -0.2) is 0 Å². The highest BCUT2D eigenvalue weighted by Crippen LogP contribution is 2.43. The van der Waals surface area contributed by atoms with Crippen molar-refractivity contribution >= 4 is 11.4 Å². The summed E-state index contributed by atoms with van der Waals surface area (Å²) in [5.41, 5.74) is 13.6. The second-order valence-corrected chi connectivity index (χ2v) is 8.07. The number of halogens is 1. The van der Waals surface area contributed by atoms with E-state index in [4.69, 9.17) is 20.9 Å². The molecule has 4 aromatic carbocycles. The maximum Gasteiger partial charge on any atom is 0.149 e. The van der Waals surface area contributed by atoms with Gasteiger partial charge >= 0.3 is 0 Å². The molecule has 0 saturated heterocycles. The molecule has 0 aromatic heterocycles. The van der Waals surface area contributed by atoms with Crippen LogP contribution in [0.3, 0.4) is 0 Å². The van der Waals surface area contributed by atoms with Crippen LogP contribution in [0.5, 0.6) is 23.0 Å². The van der Waals surface area contributed by atoms with Gasteiger partial charge in [-0.1, -0.05) is 50.2 Å². The Morgan fingerprint density at radius 1 is 0.656 bits per heavy atom. The van der Waals surface area contributed by atoms with Crippen molar-refractivity contribution in [2.24, 2.45) is 0 Å². The Labute approximate surface area is 187 Å². The average molecular weight is 429 g/mol. The predicted octanol–water partition coefficient (Wildman–Crippen LogP) is 6.90. The van der Waals surface area contributed by atoms with Crippen molar-refractivity contribution in [3.8, 4) is 23.0 Å². The van der Waals surface area contributed by atoms with Crippen molar-refractivity contribution < 1.29 is 13.9 Å². The fourth-order valence-corrected chi connectivity index (χ4v) is 3.65. The third-order valence-corrected chi connectivity index (χ3v) is 5.43. The highest BCUT2D eigenvalue weighted by atomic mass is 19.1. The molecule has 0 aliphatic carbocycles.